The van der Waals surface area contributed by atoms with Crippen LogP contribution in [0.4, 0.5) is 9.59 Å². The zero-order chi connectivity index (χ0) is 9.14. The van der Waals surface area contributed by atoms with E-state index in [2.05, 4.69) is 0 Å². The molecule has 0 atom stereocenters. The minimum Gasteiger partial charge on any atom is -0.278 e. The normalized spacial score (nSPS) is 17.9. The van der Waals surface area contributed by atoms with Gasteiger partial charge in [0.1, 0.15) is 0 Å². The minimum absolute atomic E-state index is 0.283. The highest BCUT2D eigenvalue weighted by Crippen LogP contribution is 2.09. The van der Waals surface area contributed by atoms with Gasteiger partial charge in [-0.25, -0.2) is 4.79 Å². The second-order valence-corrected chi connectivity index (χ2v) is 2.66. The lowest BCUT2D eigenvalue weighted by molar-refractivity contribution is -0.116. The molecular weight excluding hydrogens is 184 g/mol. The molecule has 0 aromatic heterocycles. The van der Waals surface area contributed by atoms with E-state index in [0.717, 1.165) is 9.80 Å². The summed E-state index contributed by atoms with van der Waals surface area (Å²) >= 11 is 5.10. The van der Waals surface area contributed by atoms with Gasteiger partial charge in [-0.1, -0.05) is 0 Å². The molecule has 0 saturated carbocycles. The largest absolute Gasteiger partial charge is 0.334 e. The van der Waals surface area contributed by atoms with Crippen LogP contribution in [0.5, 0.6) is 0 Å². The van der Waals surface area contributed by atoms with Crippen molar-refractivity contribution in [3.05, 3.63) is 0 Å². The third-order valence-corrected chi connectivity index (χ3v) is 1.80. The molecule has 0 unspecified atom stereocenters. The van der Waals surface area contributed by atoms with E-state index in [9.17, 15) is 14.4 Å². The van der Waals surface area contributed by atoms with Gasteiger partial charge in [0.05, 0.1) is 0 Å². The first-order valence-electron chi connectivity index (χ1n) is 3.39. The third-order valence-electron chi connectivity index (χ3n) is 1.60. The van der Waals surface area contributed by atoms with Crippen molar-refractivity contribution in [3.63, 3.8) is 0 Å². The summed E-state index contributed by atoms with van der Waals surface area (Å²) < 4.78 is 0. The van der Waals surface area contributed by atoms with Crippen LogP contribution in [0.1, 0.15) is 6.42 Å². The SMILES string of the molecule is O=CN1CCCN(C(=O)Cl)C1=O. The minimum atomic E-state index is -0.841. The van der Waals surface area contributed by atoms with Crippen LogP contribution in [0.2, 0.25) is 0 Å². The highest BCUT2D eigenvalue weighted by Gasteiger charge is 2.28. The van der Waals surface area contributed by atoms with E-state index < -0.39 is 11.4 Å². The molecule has 0 aliphatic carbocycles. The fourth-order valence-corrected chi connectivity index (χ4v) is 1.16. The van der Waals surface area contributed by atoms with Crippen LogP contribution < -0.4 is 0 Å². The highest BCUT2D eigenvalue weighted by atomic mass is 35.5. The van der Waals surface area contributed by atoms with Gasteiger partial charge in [0, 0.05) is 13.1 Å². The molecule has 5 nitrogen and oxygen atoms in total. The highest BCUT2D eigenvalue weighted by molar-refractivity contribution is 6.64. The molecule has 1 fully saturated rings. The number of nitrogens with zero attached hydrogens (tertiary/aromatic N) is 2. The van der Waals surface area contributed by atoms with E-state index in [1.165, 1.54) is 0 Å². The number of carbonyl (C=O) groups is 3. The van der Waals surface area contributed by atoms with Gasteiger partial charge in [-0.3, -0.25) is 19.4 Å². The Morgan fingerprint density at radius 1 is 1.50 bits per heavy atom. The van der Waals surface area contributed by atoms with E-state index in [1.807, 2.05) is 0 Å². The van der Waals surface area contributed by atoms with Crippen molar-refractivity contribution in [1.29, 1.82) is 0 Å². The Morgan fingerprint density at radius 3 is 2.67 bits per heavy atom. The summed E-state index contributed by atoms with van der Waals surface area (Å²) in [4.78, 5) is 33.7. The Bertz CT molecular complexity index is 231. The van der Waals surface area contributed by atoms with Gasteiger partial charge in [-0.2, -0.15) is 0 Å². The predicted octanol–water partition coefficient (Wildman–Crippen LogP) is 0.629. The molecule has 6 heteroatoms. The summed E-state index contributed by atoms with van der Waals surface area (Å²) in [7, 11) is 0. The molecule has 0 aromatic carbocycles. The summed E-state index contributed by atoms with van der Waals surface area (Å²) in [6.07, 6.45) is 0.970. The fraction of sp³-hybridized carbons (Fsp3) is 0.500. The average Bonchev–Trinajstić information content (AvgIpc) is 2.04. The van der Waals surface area contributed by atoms with E-state index in [0.29, 0.717) is 19.4 Å². The predicted molar refractivity (Wildman–Crippen MR) is 40.7 cm³/mol. The lowest BCUT2D eigenvalue weighted by Gasteiger charge is -2.28. The lowest BCUT2D eigenvalue weighted by Crippen LogP contribution is -2.49. The molecule has 0 aromatic rings. The number of halogens is 1. The van der Waals surface area contributed by atoms with Crippen LogP contribution in [0, 0.1) is 0 Å². The van der Waals surface area contributed by atoms with Crippen LogP contribution in [0.3, 0.4) is 0 Å². The number of urea groups is 1. The zero-order valence-corrected chi connectivity index (χ0v) is 6.95. The Labute approximate surface area is 73.9 Å². The number of amides is 4. The van der Waals surface area contributed by atoms with Gasteiger partial charge < -0.3 is 0 Å². The smallest absolute Gasteiger partial charge is 0.278 e. The Hall–Kier alpha value is -1.10. The zero-order valence-electron chi connectivity index (χ0n) is 6.20. The molecule has 1 heterocycles. The summed E-state index contributed by atoms with van der Waals surface area (Å²) in [5, 5.41) is -0.841. The first-order valence-corrected chi connectivity index (χ1v) is 3.77. The standard InChI is InChI=1S/C6H7ClN2O3/c7-5(11)9-3-1-2-8(4-10)6(9)12/h4H,1-3H2. The van der Waals surface area contributed by atoms with Gasteiger partial charge in [0.15, 0.2) is 0 Å². The molecular formula is C6H7ClN2O3. The van der Waals surface area contributed by atoms with Crippen molar-refractivity contribution in [2.75, 3.05) is 13.1 Å². The van der Waals surface area contributed by atoms with Gasteiger partial charge in [-0.15, -0.1) is 0 Å². The fourth-order valence-electron chi connectivity index (χ4n) is 1.01. The van der Waals surface area contributed by atoms with E-state index in [1.54, 1.807) is 0 Å². The molecule has 4 amide bonds. The number of rotatable bonds is 1. The Balaban J connectivity index is 2.72. The molecule has 66 valence electrons. The molecule has 1 saturated heterocycles. The molecule has 12 heavy (non-hydrogen) atoms. The molecule has 1 aliphatic rings. The molecule has 1 aliphatic heterocycles. The number of hydrogen-bond donors (Lipinski definition) is 0. The number of hydrogen-bond acceptors (Lipinski definition) is 3. The monoisotopic (exact) mass is 190 g/mol. The van der Waals surface area contributed by atoms with Crippen molar-refractivity contribution in [1.82, 2.24) is 9.80 Å². The summed E-state index contributed by atoms with van der Waals surface area (Å²) in [6, 6.07) is -0.642. The average molecular weight is 191 g/mol. The van der Waals surface area contributed by atoms with Crippen molar-refractivity contribution < 1.29 is 14.4 Å². The topological polar surface area (TPSA) is 57.7 Å². The van der Waals surface area contributed by atoms with Crippen molar-refractivity contribution >= 4 is 29.4 Å². The maximum atomic E-state index is 11.1. The molecule has 0 radical (unpaired) electrons. The first kappa shape index (κ1) is 8.99. The van der Waals surface area contributed by atoms with Crippen molar-refractivity contribution in [2.45, 2.75) is 6.42 Å². The van der Waals surface area contributed by atoms with Crippen molar-refractivity contribution in [3.8, 4) is 0 Å². The van der Waals surface area contributed by atoms with Crippen LogP contribution in [-0.2, 0) is 4.79 Å². The maximum Gasteiger partial charge on any atom is 0.334 e. The molecule has 0 spiro atoms. The van der Waals surface area contributed by atoms with Crippen LogP contribution in [-0.4, -0.2) is 40.7 Å². The number of carbonyl (C=O) groups excluding carboxylic acids is 3. The molecule has 1 rings (SSSR count). The van der Waals surface area contributed by atoms with Gasteiger partial charge in [0.25, 0.3) is 0 Å². The second kappa shape index (κ2) is 3.53. The second-order valence-electron chi connectivity index (χ2n) is 2.34. The van der Waals surface area contributed by atoms with E-state index in [4.69, 9.17) is 11.6 Å². The van der Waals surface area contributed by atoms with Gasteiger partial charge in [-0.05, 0) is 18.0 Å². The van der Waals surface area contributed by atoms with Crippen molar-refractivity contribution in [2.24, 2.45) is 0 Å². The Kier molecular flexibility index (Phi) is 2.65. The van der Waals surface area contributed by atoms with Crippen LogP contribution in [0.25, 0.3) is 0 Å². The summed E-state index contributed by atoms with van der Waals surface area (Å²) in [6.45, 7) is 0.633. The van der Waals surface area contributed by atoms with E-state index in [-0.39, 0.29) is 6.54 Å². The maximum absolute atomic E-state index is 11.1. The quantitative estimate of drug-likeness (QED) is 0.346. The van der Waals surface area contributed by atoms with E-state index >= 15 is 0 Å². The number of imide groups is 2. The Morgan fingerprint density at radius 2 is 2.17 bits per heavy atom. The van der Waals surface area contributed by atoms with Crippen LogP contribution >= 0.6 is 11.6 Å². The van der Waals surface area contributed by atoms with Crippen LogP contribution in [0.15, 0.2) is 0 Å². The lowest BCUT2D eigenvalue weighted by atomic mass is 10.3. The third kappa shape index (κ3) is 1.55. The first-order chi connectivity index (χ1) is 5.66. The molecule has 0 bridgehead atoms. The summed E-state index contributed by atoms with van der Waals surface area (Å²) in [5.74, 6) is 0. The van der Waals surface area contributed by atoms with Gasteiger partial charge in [0.2, 0.25) is 6.41 Å². The summed E-state index contributed by atoms with van der Waals surface area (Å²) in [5.41, 5.74) is 0. The van der Waals surface area contributed by atoms with Gasteiger partial charge >= 0.3 is 11.4 Å². The molecule has 0 N–H and O–H groups in total.